The maximum Gasteiger partial charge on any atom is 0.127 e. The fraction of sp³-hybridized carbons (Fsp3) is 0.0185. The lowest BCUT2D eigenvalue weighted by atomic mass is 9.88. The van der Waals surface area contributed by atoms with Gasteiger partial charge in [-0.15, -0.1) is 11.3 Å². The molecule has 0 saturated carbocycles. The number of hydrogen-bond donors (Lipinski definition) is 0. The second-order valence-corrected chi connectivity index (χ2v) is 16.0. The van der Waals surface area contributed by atoms with Crippen LogP contribution in [0, 0.1) is 0 Å². The van der Waals surface area contributed by atoms with Gasteiger partial charge in [0.15, 0.2) is 0 Å². The van der Waals surface area contributed by atoms with Gasteiger partial charge < -0.3 is 4.74 Å². The summed E-state index contributed by atoms with van der Waals surface area (Å²) in [5.74, 6) is 0.836. The molecule has 0 aliphatic rings. The summed E-state index contributed by atoms with van der Waals surface area (Å²) in [4.78, 5) is 5.45. The number of rotatable bonds is 5. The number of benzene rings is 10. The number of ether oxygens (including phenoxy) is 1. The maximum atomic E-state index is 6.22. The molecule has 0 spiro atoms. The Hall–Kier alpha value is -7.07. The molecule has 0 saturated heterocycles. The molecule has 0 unspecified atom stereocenters. The van der Waals surface area contributed by atoms with E-state index in [1.165, 1.54) is 69.2 Å². The highest BCUT2D eigenvalue weighted by Crippen LogP contribution is 2.47. The number of nitrogens with zero attached hydrogens (tertiary/aromatic N) is 1. The summed E-state index contributed by atoms with van der Waals surface area (Å²) in [6.45, 7) is 0. The van der Waals surface area contributed by atoms with Crippen molar-refractivity contribution in [1.29, 1.82) is 0 Å². The molecule has 0 radical (unpaired) electrons. The average molecular weight is 744 g/mol. The van der Waals surface area contributed by atoms with Crippen molar-refractivity contribution < 1.29 is 4.74 Å². The summed E-state index contributed by atoms with van der Waals surface area (Å²) in [6, 6.07) is 66.3. The number of aromatic nitrogens is 1. The van der Waals surface area contributed by atoms with Gasteiger partial charge in [-0.1, -0.05) is 146 Å². The van der Waals surface area contributed by atoms with Gasteiger partial charge in [0.05, 0.1) is 18.3 Å². The molecule has 0 bridgehead atoms. The van der Waals surface area contributed by atoms with Gasteiger partial charge in [-0.25, -0.2) is 4.98 Å². The molecule has 0 amide bonds. The first-order chi connectivity index (χ1) is 28.2. The lowest BCUT2D eigenvalue weighted by molar-refractivity contribution is 0.417. The van der Waals surface area contributed by atoms with Crippen molar-refractivity contribution >= 4 is 85.5 Å². The molecule has 0 aliphatic heterocycles. The summed E-state index contributed by atoms with van der Waals surface area (Å²) in [6.07, 6.45) is 0. The van der Waals surface area contributed by atoms with E-state index in [-0.39, 0.29) is 0 Å². The van der Waals surface area contributed by atoms with E-state index < -0.39 is 0 Å². The Morgan fingerprint density at radius 3 is 1.89 bits per heavy atom. The molecule has 0 aliphatic carbocycles. The van der Waals surface area contributed by atoms with Crippen molar-refractivity contribution in [2.24, 2.45) is 0 Å². The molecule has 3 heteroatoms. The molecular formula is C54H33NOS. The lowest BCUT2D eigenvalue weighted by Gasteiger charge is -2.19. The van der Waals surface area contributed by atoms with Gasteiger partial charge in [-0.05, 0) is 96.5 Å². The Morgan fingerprint density at radius 2 is 1.05 bits per heavy atom. The summed E-state index contributed by atoms with van der Waals surface area (Å²) in [7, 11) is 1.78. The minimum Gasteiger partial charge on any atom is -0.496 e. The van der Waals surface area contributed by atoms with Crippen LogP contribution >= 0.6 is 11.3 Å². The topological polar surface area (TPSA) is 22.1 Å². The normalized spacial score (nSPS) is 11.9. The zero-order valence-corrected chi connectivity index (χ0v) is 31.9. The largest absolute Gasteiger partial charge is 0.496 e. The van der Waals surface area contributed by atoms with Crippen molar-refractivity contribution in [3.63, 3.8) is 0 Å². The zero-order chi connectivity index (χ0) is 37.6. The van der Waals surface area contributed by atoms with Gasteiger partial charge >= 0.3 is 0 Å². The third kappa shape index (κ3) is 4.86. The highest BCUT2D eigenvalue weighted by Gasteiger charge is 2.21. The molecule has 12 aromatic rings. The Bertz CT molecular complexity index is 3560. The second-order valence-electron chi connectivity index (χ2n) is 15.0. The van der Waals surface area contributed by atoms with Crippen LogP contribution < -0.4 is 4.74 Å². The maximum absolute atomic E-state index is 6.22. The molecule has 10 aromatic carbocycles. The van der Waals surface area contributed by atoms with Crippen molar-refractivity contribution in [3.8, 4) is 50.4 Å². The highest BCUT2D eigenvalue weighted by atomic mass is 32.1. The molecule has 266 valence electrons. The van der Waals surface area contributed by atoms with Gasteiger partial charge in [0.2, 0.25) is 0 Å². The molecule has 0 atom stereocenters. The molecule has 2 nitrogen and oxygen atoms in total. The highest BCUT2D eigenvalue weighted by molar-refractivity contribution is 7.26. The number of pyridine rings is 1. The molecule has 12 rings (SSSR count). The van der Waals surface area contributed by atoms with E-state index in [1.54, 1.807) is 7.11 Å². The van der Waals surface area contributed by atoms with Crippen LogP contribution in [-0.2, 0) is 0 Å². The average Bonchev–Trinajstić information content (AvgIpc) is 3.67. The molecule has 0 N–H and O–H groups in total. The quantitative estimate of drug-likeness (QED) is 0.164. The molecule has 2 aromatic heterocycles. The standard InChI is InChI=1S/C54H33NOS/c1-56-47-29-28-45-52(44-17-2-4-20-46(44)55-53(45)42-27-25-34-23-22-32-10-6-11-33-24-26-41(42)50(34)49(32)33)51(47)38-15-8-13-36(31-38)35-12-7-14-37(30-35)39-18-9-19-43-40-16-3-5-21-48(40)57-54(39)43/h2-31H,1H3. The van der Waals surface area contributed by atoms with Crippen LogP contribution in [0.15, 0.2) is 182 Å². The van der Waals surface area contributed by atoms with Crippen LogP contribution in [-0.4, -0.2) is 12.1 Å². The summed E-state index contributed by atoms with van der Waals surface area (Å²) >= 11 is 1.87. The van der Waals surface area contributed by atoms with Gasteiger partial charge in [0, 0.05) is 47.5 Å². The SMILES string of the molecule is COc1ccc2c(-c3ccc4ccc5cccc6ccc3c4c56)nc3ccccc3c2c1-c1cccc(-c2cccc(-c3cccc4c3sc3ccccc34)c2)c1. The van der Waals surface area contributed by atoms with Crippen LogP contribution in [0.2, 0.25) is 0 Å². The van der Waals surface area contributed by atoms with Crippen molar-refractivity contribution in [3.05, 3.63) is 182 Å². The van der Waals surface area contributed by atoms with Gasteiger partial charge in [0.1, 0.15) is 5.75 Å². The smallest absolute Gasteiger partial charge is 0.127 e. The first-order valence-corrected chi connectivity index (χ1v) is 20.2. The third-order valence-electron chi connectivity index (χ3n) is 11.9. The first kappa shape index (κ1) is 32.2. The first-order valence-electron chi connectivity index (χ1n) is 19.4. The number of methoxy groups -OCH3 is 1. The summed E-state index contributed by atoms with van der Waals surface area (Å²) < 4.78 is 8.86. The minimum absolute atomic E-state index is 0.836. The number of fused-ring (bicyclic) bond motifs is 6. The van der Waals surface area contributed by atoms with E-state index in [2.05, 4.69) is 182 Å². The van der Waals surface area contributed by atoms with Crippen molar-refractivity contribution in [2.75, 3.05) is 7.11 Å². The molecule has 57 heavy (non-hydrogen) atoms. The molecular weight excluding hydrogens is 711 g/mol. The predicted octanol–water partition coefficient (Wildman–Crippen LogP) is 15.3. The monoisotopic (exact) mass is 743 g/mol. The molecule has 0 fully saturated rings. The zero-order valence-electron chi connectivity index (χ0n) is 31.1. The predicted molar refractivity (Wildman–Crippen MR) is 244 cm³/mol. The summed E-state index contributed by atoms with van der Waals surface area (Å²) in [5, 5.41) is 13.5. The van der Waals surface area contributed by atoms with E-state index >= 15 is 0 Å². The van der Waals surface area contributed by atoms with E-state index in [9.17, 15) is 0 Å². The van der Waals surface area contributed by atoms with Crippen LogP contribution in [0.4, 0.5) is 0 Å². The fourth-order valence-electron chi connectivity index (χ4n) is 9.32. The van der Waals surface area contributed by atoms with Crippen LogP contribution in [0.5, 0.6) is 5.75 Å². The van der Waals surface area contributed by atoms with Crippen LogP contribution in [0.3, 0.4) is 0 Å². The van der Waals surface area contributed by atoms with Gasteiger partial charge in [-0.2, -0.15) is 0 Å². The third-order valence-corrected chi connectivity index (χ3v) is 13.1. The van der Waals surface area contributed by atoms with E-state index in [0.717, 1.165) is 55.4 Å². The van der Waals surface area contributed by atoms with Crippen LogP contribution in [0.1, 0.15) is 0 Å². The van der Waals surface area contributed by atoms with Crippen LogP contribution in [0.25, 0.3) is 119 Å². The van der Waals surface area contributed by atoms with Crippen molar-refractivity contribution in [1.82, 2.24) is 4.98 Å². The number of para-hydroxylation sites is 1. The summed E-state index contributed by atoms with van der Waals surface area (Å²) in [5.41, 5.74) is 10.0. The molecule has 2 heterocycles. The Balaban J connectivity index is 1.07. The second kappa shape index (κ2) is 12.5. The Kier molecular flexibility index (Phi) is 7.05. The Morgan fingerprint density at radius 1 is 0.421 bits per heavy atom. The minimum atomic E-state index is 0.836. The lowest BCUT2D eigenvalue weighted by Crippen LogP contribution is -1.96. The van der Waals surface area contributed by atoms with Gasteiger partial charge in [-0.3, -0.25) is 0 Å². The van der Waals surface area contributed by atoms with E-state index in [1.807, 2.05) is 11.3 Å². The fourth-order valence-corrected chi connectivity index (χ4v) is 10.6. The van der Waals surface area contributed by atoms with Crippen molar-refractivity contribution in [2.45, 2.75) is 0 Å². The van der Waals surface area contributed by atoms with E-state index in [0.29, 0.717) is 0 Å². The van der Waals surface area contributed by atoms with E-state index in [4.69, 9.17) is 9.72 Å². The number of hydrogen-bond acceptors (Lipinski definition) is 3. The van der Waals surface area contributed by atoms with Gasteiger partial charge in [0.25, 0.3) is 0 Å². The Labute approximate surface area is 333 Å². The number of thiophene rings is 1.